The van der Waals surface area contributed by atoms with Crippen LogP contribution in [-0.4, -0.2) is 48.4 Å². The molecule has 172 valence electrons. The van der Waals surface area contributed by atoms with Gasteiger partial charge in [-0.25, -0.2) is 8.42 Å². The molecule has 0 bridgehead atoms. The van der Waals surface area contributed by atoms with Gasteiger partial charge in [-0.05, 0) is 49.1 Å². The van der Waals surface area contributed by atoms with E-state index >= 15 is 0 Å². The molecule has 0 atom stereocenters. The van der Waals surface area contributed by atoms with Crippen LogP contribution >= 0.6 is 11.6 Å². The minimum atomic E-state index is -3.84. The quantitative estimate of drug-likeness (QED) is 0.558. The zero-order valence-electron chi connectivity index (χ0n) is 18.1. The third kappa shape index (κ3) is 4.05. The number of anilines is 1. The first-order valence-electron chi connectivity index (χ1n) is 10.8. The number of benzene rings is 2. The molecule has 8 nitrogen and oxygen atoms in total. The summed E-state index contributed by atoms with van der Waals surface area (Å²) in [6.07, 6.45) is 1.79. The van der Waals surface area contributed by atoms with E-state index in [1.165, 1.54) is 22.0 Å². The largest absolute Gasteiger partial charge is 0.339 e. The topological polar surface area (TPSA) is 96.6 Å². The zero-order chi connectivity index (χ0) is 23.2. The lowest BCUT2D eigenvalue weighted by molar-refractivity contribution is -0.123. The standard InChI is InChI=1S/C23H23ClN4O4S/c1-15-25-22(26-32-15)18-6-7-19(24)21(14-18)33(30,31)27-11-8-17(9-12-27)23(29)28-13-10-16-4-2-3-5-20(16)28/h2-7,14,17H,8-13H2,1H3. The molecule has 2 aliphatic heterocycles. The number of piperidine rings is 1. The van der Waals surface area contributed by atoms with Crippen molar-refractivity contribution in [2.75, 3.05) is 24.5 Å². The number of sulfonamides is 1. The molecule has 0 aliphatic carbocycles. The molecule has 1 fully saturated rings. The number of amides is 1. The van der Waals surface area contributed by atoms with Crippen molar-refractivity contribution in [1.82, 2.24) is 14.4 Å². The molecule has 10 heteroatoms. The van der Waals surface area contributed by atoms with Crippen LogP contribution in [0.25, 0.3) is 11.4 Å². The zero-order valence-corrected chi connectivity index (χ0v) is 19.6. The van der Waals surface area contributed by atoms with Crippen molar-refractivity contribution < 1.29 is 17.7 Å². The second kappa shape index (κ2) is 8.55. The van der Waals surface area contributed by atoms with Gasteiger partial charge >= 0.3 is 0 Å². The third-order valence-corrected chi connectivity index (χ3v) is 8.67. The Morgan fingerprint density at radius 3 is 2.61 bits per heavy atom. The Morgan fingerprint density at radius 2 is 1.88 bits per heavy atom. The van der Waals surface area contributed by atoms with E-state index in [1.807, 2.05) is 29.2 Å². The second-order valence-corrected chi connectivity index (χ2v) is 10.6. The lowest BCUT2D eigenvalue weighted by Crippen LogP contribution is -2.44. The second-order valence-electron chi connectivity index (χ2n) is 8.33. The van der Waals surface area contributed by atoms with E-state index in [9.17, 15) is 13.2 Å². The Kier molecular flexibility index (Phi) is 5.72. The molecule has 2 aromatic carbocycles. The summed E-state index contributed by atoms with van der Waals surface area (Å²) in [5, 5.41) is 3.99. The highest BCUT2D eigenvalue weighted by Gasteiger charge is 2.36. The van der Waals surface area contributed by atoms with Crippen LogP contribution in [0.2, 0.25) is 5.02 Å². The molecule has 0 unspecified atom stereocenters. The summed E-state index contributed by atoms with van der Waals surface area (Å²) in [5.41, 5.74) is 2.66. The van der Waals surface area contributed by atoms with Crippen molar-refractivity contribution in [2.24, 2.45) is 5.92 Å². The average Bonchev–Trinajstić information content (AvgIpc) is 3.45. The molecule has 0 N–H and O–H groups in total. The van der Waals surface area contributed by atoms with Gasteiger partial charge in [-0.2, -0.15) is 9.29 Å². The highest BCUT2D eigenvalue weighted by atomic mass is 35.5. The van der Waals surface area contributed by atoms with E-state index in [1.54, 1.807) is 13.0 Å². The smallest absolute Gasteiger partial charge is 0.244 e. The number of hydrogen-bond donors (Lipinski definition) is 0. The van der Waals surface area contributed by atoms with E-state index in [0.29, 0.717) is 36.7 Å². The van der Waals surface area contributed by atoms with Crippen LogP contribution in [0.1, 0.15) is 24.3 Å². The number of carbonyl (C=O) groups excluding carboxylic acids is 1. The fourth-order valence-corrected chi connectivity index (χ4v) is 6.50. The van der Waals surface area contributed by atoms with E-state index in [2.05, 4.69) is 10.1 Å². The van der Waals surface area contributed by atoms with Crippen LogP contribution in [0.4, 0.5) is 5.69 Å². The van der Waals surface area contributed by atoms with Gasteiger partial charge in [0.25, 0.3) is 0 Å². The van der Waals surface area contributed by atoms with Gasteiger partial charge in [-0.1, -0.05) is 35.0 Å². The molecule has 1 amide bonds. The van der Waals surface area contributed by atoms with Crippen molar-refractivity contribution in [3.8, 4) is 11.4 Å². The average molecular weight is 487 g/mol. The van der Waals surface area contributed by atoms with Crippen LogP contribution in [0, 0.1) is 12.8 Å². The molecule has 5 rings (SSSR count). The highest BCUT2D eigenvalue weighted by molar-refractivity contribution is 7.89. The molecule has 3 heterocycles. The maximum Gasteiger partial charge on any atom is 0.244 e. The van der Waals surface area contributed by atoms with Crippen LogP contribution < -0.4 is 4.90 Å². The van der Waals surface area contributed by atoms with E-state index < -0.39 is 10.0 Å². The number of aryl methyl sites for hydroxylation is 1. The fourth-order valence-electron chi connectivity index (χ4n) is 4.53. The van der Waals surface area contributed by atoms with Crippen molar-refractivity contribution in [2.45, 2.75) is 31.1 Å². The van der Waals surface area contributed by atoms with Crippen LogP contribution in [-0.2, 0) is 21.2 Å². The number of rotatable bonds is 4. The Morgan fingerprint density at radius 1 is 1.12 bits per heavy atom. The van der Waals surface area contributed by atoms with Crippen LogP contribution in [0.5, 0.6) is 0 Å². The van der Waals surface area contributed by atoms with Crippen molar-refractivity contribution in [3.63, 3.8) is 0 Å². The number of hydrogen-bond acceptors (Lipinski definition) is 6. The lowest BCUT2D eigenvalue weighted by atomic mass is 9.96. The molecule has 2 aliphatic rings. The summed E-state index contributed by atoms with van der Waals surface area (Å²) in [5.74, 6) is 0.559. The third-order valence-electron chi connectivity index (χ3n) is 6.29. The van der Waals surface area contributed by atoms with Gasteiger partial charge in [0.1, 0.15) is 4.90 Å². The number of fused-ring (bicyclic) bond motifs is 1. The van der Waals surface area contributed by atoms with Gasteiger partial charge in [-0.3, -0.25) is 4.79 Å². The molecule has 1 saturated heterocycles. The minimum Gasteiger partial charge on any atom is -0.339 e. The SMILES string of the molecule is Cc1nc(-c2ccc(Cl)c(S(=O)(=O)N3CCC(C(=O)N4CCc5ccccc54)CC3)c2)no1. The number of aromatic nitrogens is 2. The Bertz CT molecular complexity index is 1320. The molecule has 0 spiro atoms. The number of carbonyl (C=O) groups is 1. The van der Waals surface area contributed by atoms with E-state index in [-0.39, 0.29) is 34.8 Å². The highest BCUT2D eigenvalue weighted by Crippen LogP contribution is 2.34. The number of para-hydroxylation sites is 1. The Labute approximate surface area is 197 Å². The monoisotopic (exact) mass is 486 g/mol. The number of halogens is 1. The van der Waals surface area contributed by atoms with E-state index in [0.717, 1.165) is 12.1 Å². The Balaban J connectivity index is 1.31. The van der Waals surface area contributed by atoms with Crippen molar-refractivity contribution in [1.29, 1.82) is 0 Å². The van der Waals surface area contributed by atoms with Gasteiger partial charge in [-0.15, -0.1) is 0 Å². The molecule has 3 aromatic rings. The summed E-state index contributed by atoms with van der Waals surface area (Å²) in [7, 11) is -3.84. The summed E-state index contributed by atoms with van der Waals surface area (Å²) < 4.78 is 33.2. The summed E-state index contributed by atoms with van der Waals surface area (Å²) in [6, 6.07) is 12.6. The van der Waals surface area contributed by atoms with Gasteiger partial charge in [0.15, 0.2) is 0 Å². The van der Waals surface area contributed by atoms with Gasteiger partial charge < -0.3 is 9.42 Å². The first kappa shape index (κ1) is 22.1. The van der Waals surface area contributed by atoms with Crippen LogP contribution in [0.15, 0.2) is 51.9 Å². The normalized spacial score (nSPS) is 17.3. The first-order valence-corrected chi connectivity index (χ1v) is 12.7. The molecule has 0 radical (unpaired) electrons. The first-order chi connectivity index (χ1) is 15.8. The van der Waals surface area contributed by atoms with Crippen molar-refractivity contribution in [3.05, 3.63) is 58.9 Å². The van der Waals surface area contributed by atoms with Gasteiger partial charge in [0.2, 0.25) is 27.6 Å². The maximum absolute atomic E-state index is 13.4. The maximum atomic E-state index is 13.4. The number of nitrogens with zero attached hydrogens (tertiary/aromatic N) is 4. The van der Waals surface area contributed by atoms with Crippen molar-refractivity contribution >= 4 is 33.2 Å². The molecular weight excluding hydrogens is 464 g/mol. The van der Waals surface area contributed by atoms with E-state index in [4.69, 9.17) is 16.1 Å². The fraction of sp³-hybridized carbons (Fsp3) is 0.348. The Hall–Kier alpha value is -2.75. The molecule has 1 aromatic heterocycles. The van der Waals surface area contributed by atoms with Gasteiger partial charge in [0.05, 0.1) is 5.02 Å². The predicted molar refractivity (Wildman–Crippen MR) is 123 cm³/mol. The summed E-state index contributed by atoms with van der Waals surface area (Å²) in [6.45, 7) is 2.86. The summed E-state index contributed by atoms with van der Waals surface area (Å²) >= 11 is 6.27. The minimum absolute atomic E-state index is 0.00219. The molecule has 33 heavy (non-hydrogen) atoms. The molecule has 0 saturated carbocycles. The van der Waals surface area contributed by atoms with Gasteiger partial charge in [0, 0.05) is 43.7 Å². The molecular formula is C23H23ClN4O4S. The van der Waals surface area contributed by atoms with Crippen LogP contribution in [0.3, 0.4) is 0 Å². The predicted octanol–water partition coefficient (Wildman–Crippen LogP) is 3.69. The lowest BCUT2D eigenvalue weighted by Gasteiger charge is -2.32. The summed E-state index contributed by atoms with van der Waals surface area (Å²) in [4.78, 5) is 19.2.